The molecule has 0 unspecified atom stereocenters. The predicted octanol–water partition coefficient (Wildman–Crippen LogP) is 8.54. The molecule has 1 aliphatic rings. The molecule has 0 heterocycles. The number of nitrogens with one attached hydrogen (secondary N) is 2. The van der Waals surface area contributed by atoms with Crippen molar-refractivity contribution in [3.8, 4) is 0 Å². The maximum Gasteiger partial charge on any atom is 0.407 e. The SMILES string of the molecule is C.C.CC.CC.CC.CC(=O)CCC(=O)NCCOCCOCCOC(=O)NC1CCC(SC(C)C)CC1.COCCC(=O)OCCOCCOCCOCCOCCOCCSC.[HH].[HH]. The number of carbonyl (C=O) groups is 4. The summed E-state index contributed by atoms with van der Waals surface area (Å²) in [6.45, 7) is 26.0. The summed E-state index contributed by atoms with van der Waals surface area (Å²) in [5, 5.41) is 6.98. The van der Waals surface area contributed by atoms with Crippen molar-refractivity contribution in [2.45, 2.75) is 139 Å². The van der Waals surface area contributed by atoms with Crippen LogP contribution in [0.3, 0.4) is 0 Å². The largest absolute Gasteiger partial charge is 0.463 e. The minimum Gasteiger partial charge on any atom is -0.463 e. The van der Waals surface area contributed by atoms with Crippen LogP contribution in [0.1, 0.15) is 125 Å². The highest BCUT2D eigenvalue weighted by molar-refractivity contribution is 8.00. The van der Waals surface area contributed by atoms with Crippen LogP contribution in [-0.2, 0) is 61.8 Å². The second-order valence-corrected chi connectivity index (χ2v) is 15.6. The first-order valence-electron chi connectivity index (χ1n) is 22.7. The molecule has 0 bridgehead atoms. The summed E-state index contributed by atoms with van der Waals surface area (Å²) in [4.78, 5) is 45.2. The molecular formula is C46H102N2O14S2. The topological polar surface area (TPSA) is 185 Å². The van der Waals surface area contributed by atoms with Crippen molar-refractivity contribution in [1.29, 1.82) is 0 Å². The molecule has 0 aromatic heterocycles. The first kappa shape index (κ1) is 73.8. The number of hydrogen-bond acceptors (Lipinski definition) is 16. The van der Waals surface area contributed by atoms with Gasteiger partial charge in [0.25, 0.3) is 0 Å². The highest BCUT2D eigenvalue weighted by Crippen LogP contribution is 2.31. The Morgan fingerprint density at radius 3 is 1.42 bits per heavy atom. The zero-order valence-corrected chi connectivity index (χ0v) is 42.3. The molecule has 1 aliphatic carbocycles. The third-order valence-electron chi connectivity index (χ3n) is 7.49. The number of Topliss-reactive ketones (excluding diaryl/α,β-unsaturated/α-hetero) is 1. The number of ketones is 1. The molecule has 16 nitrogen and oxygen atoms in total. The van der Waals surface area contributed by atoms with Gasteiger partial charge in [0, 0.05) is 46.4 Å². The number of esters is 1. The molecule has 2 amide bonds. The van der Waals surface area contributed by atoms with Crippen molar-refractivity contribution in [2.75, 3.05) is 138 Å². The molecule has 1 fully saturated rings. The van der Waals surface area contributed by atoms with Gasteiger partial charge in [-0.3, -0.25) is 9.59 Å². The molecule has 0 aromatic carbocycles. The molecule has 0 spiro atoms. The second-order valence-electron chi connectivity index (χ2n) is 12.7. The number of amides is 2. The van der Waals surface area contributed by atoms with Crippen LogP contribution >= 0.6 is 23.5 Å². The van der Waals surface area contributed by atoms with Gasteiger partial charge in [-0.05, 0) is 44.1 Å². The monoisotopic (exact) mass is 971 g/mol. The number of rotatable bonds is 36. The average Bonchev–Trinajstić information content (AvgIpc) is 3.28. The Labute approximate surface area is 402 Å². The number of alkyl carbamates (subject to hydrolysis) is 1. The second kappa shape index (κ2) is 63.3. The Morgan fingerprint density at radius 1 is 0.578 bits per heavy atom. The summed E-state index contributed by atoms with van der Waals surface area (Å²) in [6.07, 6.45) is 6.70. The average molecular weight is 971 g/mol. The lowest BCUT2D eigenvalue weighted by Gasteiger charge is -2.29. The predicted molar refractivity (Wildman–Crippen MR) is 269 cm³/mol. The molecule has 0 radical (unpaired) electrons. The maximum atomic E-state index is 11.8. The molecule has 18 heteroatoms. The van der Waals surface area contributed by atoms with Gasteiger partial charge in [0.1, 0.15) is 19.0 Å². The zero-order chi connectivity index (χ0) is 47.3. The quantitative estimate of drug-likeness (QED) is 0.0449. The van der Waals surface area contributed by atoms with Crippen LogP contribution in [0, 0.1) is 0 Å². The summed E-state index contributed by atoms with van der Waals surface area (Å²) in [6, 6.07) is 0.207. The van der Waals surface area contributed by atoms with E-state index in [0.29, 0.717) is 110 Å². The van der Waals surface area contributed by atoms with E-state index in [1.54, 1.807) is 18.9 Å². The van der Waals surface area contributed by atoms with Crippen LogP contribution in [0.2, 0.25) is 0 Å². The third kappa shape index (κ3) is 62.3. The minimum absolute atomic E-state index is 0. The first-order valence-corrected chi connectivity index (χ1v) is 25.0. The Morgan fingerprint density at radius 2 is 1.00 bits per heavy atom. The smallest absolute Gasteiger partial charge is 0.407 e. The van der Waals surface area contributed by atoms with Crippen LogP contribution < -0.4 is 10.6 Å². The third-order valence-corrected chi connectivity index (χ3v) is 9.46. The van der Waals surface area contributed by atoms with Crippen molar-refractivity contribution in [2.24, 2.45) is 0 Å². The van der Waals surface area contributed by atoms with Gasteiger partial charge < -0.3 is 62.8 Å². The number of hydrogen-bond donors (Lipinski definition) is 2. The molecule has 0 aliphatic heterocycles. The molecule has 0 atom stereocenters. The zero-order valence-electron chi connectivity index (χ0n) is 40.6. The Kier molecular flexibility index (Phi) is 73.1. The summed E-state index contributed by atoms with van der Waals surface area (Å²) < 4.78 is 52.3. The van der Waals surface area contributed by atoms with E-state index in [1.165, 1.54) is 6.92 Å². The standard InChI is InChI=1S/C21H38N2O6S.C17H34O8S.3C2H6.2CH4.2H2/c1-16(2)30-19-7-5-18(6-8-19)23-21(26)29-15-14-28-13-12-27-11-10-22-20(25)9-4-17(3)24;1-19-4-3-17(18)25-14-13-23-10-9-21-6-5-20-7-8-22-11-12-24-15-16-26-2;3*1-2;;;;/h16,18-19H,4-15H2,1-3H3,(H,22,25)(H,23,26);3-16H2,1-2H3;3*1-2H3;2*1H4;2*1H. The number of methoxy groups -OCH3 is 1. The van der Waals surface area contributed by atoms with Crippen molar-refractivity contribution >= 4 is 47.3 Å². The van der Waals surface area contributed by atoms with Gasteiger partial charge in [-0.15, -0.1) is 0 Å². The van der Waals surface area contributed by atoms with Crippen LogP contribution in [-0.4, -0.2) is 178 Å². The van der Waals surface area contributed by atoms with E-state index in [2.05, 4.69) is 30.7 Å². The van der Waals surface area contributed by atoms with Gasteiger partial charge in [-0.25, -0.2) is 4.79 Å². The summed E-state index contributed by atoms with van der Waals surface area (Å²) in [7, 11) is 1.54. The molecule has 1 saturated carbocycles. The Bertz CT molecular complexity index is 963. The fourth-order valence-electron chi connectivity index (χ4n) is 4.69. The highest BCUT2D eigenvalue weighted by Gasteiger charge is 2.23. The van der Waals surface area contributed by atoms with Crippen molar-refractivity contribution in [3.05, 3.63) is 0 Å². The lowest BCUT2D eigenvalue weighted by atomic mass is 9.95. The van der Waals surface area contributed by atoms with Crippen LogP contribution in [0.5, 0.6) is 0 Å². The fourth-order valence-corrected chi connectivity index (χ4v) is 6.29. The molecule has 0 saturated heterocycles. The molecule has 0 aromatic rings. The first-order chi connectivity index (χ1) is 30.2. The number of thioether (sulfide) groups is 2. The van der Waals surface area contributed by atoms with Gasteiger partial charge in [0.15, 0.2) is 0 Å². The lowest BCUT2D eigenvalue weighted by Crippen LogP contribution is -2.39. The van der Waals surface area contributed by atoms with Crippen LogP contribution in [0.4, 0.5) is 4.79 Å². The number of ether oxygens (including phenoxy) is 10. The molecule has 392 valence electrons. The van der Waals surface area contributed by atoms with Gasteiger partial charge in [0.2, 0.25) is 5.91 Å². The fraction of sp³-hybridized carbons (Fsp3) is 0.913. The van der Waals surface area contributed by atoms with Crippen molar-refractivity contribution < 1.29 is 69.4 Å². The minimum atomic E-state index is -0.379. The maximum absolute atomic E-state index is 11.8. The van der Waals surface area contributed by atoms with Gasteiger partial charge >= 0.3 is 12.1 Å². The number of carbonyl (C=O) groups excluding carboxylic acids is 4. The van der Waals surface area contributed by atoms with Gasteiger partial charge in [0.05, 0.1) is 106 Å². The van der Waals surface area contributed by atoms with E-state index < -0.39 is 0 Å². The van der Waals surface area contributed by atoms with Gasteiger partial charge in [-0.1, -0.05) is 70.2 Å². The van der Waals surface area contributed by atoms with Crippen molar-refractivity contribution in [3.63, 3.8) is 0 Å². The Balaban J connectivity index is -0.000000146. The normalized spacial score (nSPS) is 13.6. The van der Waals surface area contributed by atoms with E-state index in [9.17, 15) is 19.2 Å². The molecule has 64 heavy (non-hydrogen) atoms. The summed E-state index contributed by atoms with van der Waals surface area (Å²) >= 11 is 3.79. The Hall–Kier alpha value is -1.74. The van der Waals surface area contributed by atoms with Crippen LogP contribution in [0.15, 0.2) is 0 Å². The van der Waals surface area contributed by atoms with E-state index in [4.69, 9.17) is 47.4 Å². The summed E-state index contributed by atoms with van der Waals surface area (Å²) in [5.74, 6) is 0.582. The van der Waals surface area contributed by atoms with E-state index >= 15 is 0 Å². The molecule has 2 N–H and O–H groups in total. The molecule has 1 rings (SSSR count). The van der Waals surface area contributed by atoms with E-state index in [1.807, 2.05) is 53.3 Å². The lowest BCUT2D eigenvalue weighted by molar-refractivity contribution is -0.146. The van der Waals surface area contributed by atoms with E-state index in [-0.39, 0.29) is 80.0 Å². The van der Waals surface area contributed by atoms with Crippen molar-refractivity contribution in [1.82, 2.24) is 10.6 Å². The molecular weight excluding hydrogens is 869 g/mol. The van der Waals surface area contributed by atoms with E-state index in [0.717, 1.165) is 38.0 Å². The highest BCUT2D eigenvalue weighted by atomic mass is 32.2. The van der Waals surface area contributed by atoms with Gasteiger partial charge in [-0.2, -0.15) is 23.5 Å². The van der Waals surface area contributed by atoms with Crippen LogP contribution in [0.25, 0.3) is 0 Å². The summed E-state index contributed by atoms with van der Waals surface area (Å²) in [5.41, 5.74) is 0.